The minimum Gasteiger partial charge on any atom is -0.300 e. The van der Waals surface area contributed by atoms with Crippen molar-refractivity contribution in [3.63, 3.8) is 0 Å². The summed E-state index contributed by atoms with van der Waals surface area (Å²) in [6.07, 6.45) is 6.10. The van der Waals surface area contributed by atoms with Crippen LogP contribution in [0.25, 0.3) is 0 Å². The van der Waals surface area contributed by atoms with Crippen LogP contribution >= 0.6 is 0 Å². The van der Waals surface area contributed by atoms with E-state index >= 15 is 0 Å². The second-order valence-corrected chi connectivity index (χ2v) is 5.22. The molecule has 4 atom stereocenters. The lowest BCUT2D eigenvalue weighted by atomic mass is 9.90. The Hall–Kier alpha value is -0.0400. The van der Waals surface area contributed by atoms with Gasteiger partial charge in [-0.2, -0.15) is 0 Å². The lowest BCUT2D eigenvalue weighted by Gasteiger charge is -2.18. The topological polar surface area (TPSA) is 3.24 Å². The smallest absolute Gasteiger partial charge is 0.0130 e. The number of hydrogen-bond acceptors (Lipinski definition) is 1. The van der Waals surface area contributed by atoms with E-state index in [2.05, 4.69) is 11.8 Å². The molecule has 68 valence electrons. The van der Waals surface area contributed by atoms with Crippen molar-refractivity contribution in [2.24, 2.45) is 17.8 Å². The van der Waals surface area contributed by atoms with Crippen LogP contribution in [0.2, 0.25) is 0 Å². The van der Waals surface area contributed by atoms with Gasteiger partial charge in [0.15, 0.2) is 0 Å². The van der Waals surface area contributed by atoms with Crippen molar-refractivity contribution >= 4 is 0 Å². The molecule has 1 heteroatoms. The lowest BCUT2D eigenvalue weighted by Crippen LogP contribution is -2.25. The van der Waals surface area contributed by atoms with Crippen LogP contribution in [-0.4, -0.2) is 24.0 Å². The van der Waals surface area contributed by atoms with Crippen molar-refractivity contribution < 1.29 is 0 Å². The van der Waals surface area contributed by atoms with Crippen LogP contribution in [0.1, 0.15) is 32.6 Å². The molecule has 3 aliphatic rings. The van der Waals surface area contributed by atoms with Crippen LogP contribution in [0.4, 0.5) is 0 Å². The first-order valence-electron chi connectivity index (χ1n) is 5.58. The van der Waals surface area contributed by atoms with Crippen LogP contribution in [-0.2, 0) is 0 Å². The number of hydrogen-bond donors (Lipinski definition) is 0. The van der Waals surface area contributed by atoms with Crippen LogP contribution in [0, 0.1) is 17.8 Å². The highest BCUT2D eigenvalue weighted by Crippen LogP contribution is 2.46. The molecule has 2 aliphatic heterocycles. The summed E-state index contributed by atoms with van der Waals surface area (Å²) < 4.78 is 0. The van der Waals surface area contributed by atoms with Gasteiger partial charge in [-0.05, 0) is 37.0 Å². The zero-order valence-electron chi connectivity index (χ0n) is 8.00. The molecular formula is C11H19N. The summed E-state index contributed by atoms with van der Waals surface area (Å²) in [5.74, 6) is 3.19. The summed E-state index contributed by atoms with van der Waals surface area (Å²) in [5.41, 5.74) is 0. The van der Waals surface area contributed by atoms with Crippen molar-refractivity contribution in [2.45, 2.75) is 38.6 Å². The molecule has 0 aromatic rings. The second-order valence-electron chi connectivity index (χ2n) is 5.22. The Bertz CT molecular complexity index is 189. The number of rotatable bonds is 0. The quantitative estimate of drug-likeness (QED) is 0.531. The molecular weight excluding hydrogens is 146 g/mol. The van der Waals surface area contributed by atoms with Crippen LogP contribution in [0.3, 0.4) is 0 Å². The molecule has 12 heavy (non-hydrogen) atoms. The van der Waals surface area contributed by atoms with Gasteiger partial charge >= 0.3 is 0 Å². The molecule has 0 aromatic heterocycles. The van der Waals surface area contributed by atoms with Gasteiger partial charge in [0.05, 0.1) is 0 Å². The molecule has 4 unspecified atom stereocenters. The summed E-state index contributed by atoms with van der Waals surface area (Å²) >= 11 is 0. The maximum Gasteiger partial charge on any atom is 0.0130 e. The first-order chi connectivity index (χ1) is 5.84. The van der Waals surface area contributed by atoms with E-state index in [4.69, 9.17) is 0 Å². The van der Waals surface area contributed by atoms with E-state index < -0.39 is 0 Å². The van der Waals surface area contributed by atoms with E-state index in [0.717, 1.165) is 23.8 Å². The van der Waals surface area contributed by atoms with E-state index in [-0.39, 0.29) is 0 Å². The molecule has 0 amide bonds. The first kappa shape index (κ1) is 7.37. The molecule has 1 aliphatic carbocycles. The second kappa shape index (κ2) is 2.47. The van der Waals surface area contributed by atoms with Gasteiger partial charge in [-0.1, -0.05) is 13.3 Å². The van der Waals surface area contributed by atoms with E-state index in [1.165, 1.54) is 32.4 Å². The Morgan fingerprint density at radius 1 is 1.17 bits per heavy atom. The van der Waals surface area contributed by atoms with Gasteiger partial charge in [-0.3, -0.25) is 4.90 Å². The van der Waals surface area contributed by atoms with Gasteiger partial charge in [-0.25, -0.2) is 0 Å². The standard InChI is InChI=1S/C11H19N/c1-8-5-11-10-4-2-3-9(10)7-12(11)6-8/h8-11H,2-7H2,1H3. The molecule has 0 spiro atoms. The Kier molecular flexibility index (Phi) is 1.52. The molecule has 2 heterocycles. The Morgan fingerprint density at radius 3 is 3.00 bits per heavy atom. The van der Waals surface area contributed by atoms with E-state index in [1.54, 1.807) is 6.42 Å². The third-order valence-electron chi connectivity index (χ3n) is 4.34. The fourth-order valence-electron chi connectivity index (χ4n) is 3.93. The van der Waals surface area contributed by atoms with E-state index in [0.29, 0.717) is 0 Å². The minimum absolute atomic E-state index is 0.983. The molecule has 1 nitrogen and oxygen atoms in total. The molecule has 1 saturated carbocycles. The SMILES string of the molecule is CC1CC2C3CCCC3CN2C1. The number of nitrogens with zero attached hydrogens (tertiary/aromatic N) is 1. The van der Waals surface area contributed by atoms with Crippen LogP contribution in [0.5, 0.6) is 0 Å². The highest BCUT2D eigenvalue weighted by molar-refractivity contribution is 5.00. The first-order valence-corrected chi connectivity index (χ1v) is 5.58. The fraction of sp³-hybridized carbons (Fsp3) is 1.00. The van der Waals surface area contributed by atoms with Crippen LogP contribution in [0.15, 0.2) is 0 Å². The molecule has 3 fully saturated rings. The number of fused-ring (bicyclic) bond motifs is 3. The lowest BCUT2D eigenvalue weighted by molar-refractivity contribution is 0.283. The maximum atomic E-state index is 2.78. The Morgan fingerprint density at radius 2 is 2.08 bits per heavy atom. The average molecular weight is 165 g/mol. The predicted octanol–water partition coefficient (Wildman–Crippen LogP) is 2.13. The van der Waals surface area contributed by atoms with E-state index in [9.17, 15) is 0 Å². The summed E-state index contributed by atoms with van der Waals surface area (Å²) in [7, 11) is 0. The third-order valence-corrected chi connectivity index (χ3v) is 4.34. The van der Waals surface area contributed by atoms with Crippen LogP contribution < -0.4 is 0 Å². The van der Waals surface area contributed by atoms with Crippen molar-refractivity contribution in [1.29, 1.82) is 0 Å². The van der Waals surface area contributed by atoms with Gasteiger partial charge in [0.1, 0.15) is 0 Å². The molecule has 2 saturated heterocycles. The van der Waals surface area contributed by atoms with Crippen molar-refractivity contribution in [1.82, 2.24) is 4.90 Å². The summed E-state index contributed by atoms with van der Waals surface area (Å²) in [6, 6.07) is 1.01. The fourth-order valence-corrected chi connectivity index (χ4v) is 3.93. The molecule has 0 aromatic carbocycles. The predicted molar refractivity (Wildman–Crippen MR) is 50.0 cm³/mol. The molecule has 3 rings (SSSR count). The van der Waals surface area contributed by atoms with Gasteiger partial charge in [0.2, 0.25) is 0 Å². The van der Waals surface area contributed by atoms with Gasteiger partial charge in [0.25, 0.3) is 0 Å². The largest absolute Gasteiger partial charge is 0.300 e. The van der Waals surface area contributed by atoms with Crippen molar-refractivity contribution in [3.05, 3.63) is 0 Å². The molecule has 0 bridgehead atoms. The monoisotopic (exact) mass is 165 g/mol. The Balaban J connectivity index is 1.80. The maximum absolute atomic E-state index is 2.78. The molecule has 0 radical (unpaired) electrons. The zero-order valence-corrected chi connectivity index (χ0v) is 8.00. The van der Waals surface area contributed by atoms with Gasteiger partial charge in [-0.15, -0.1) is 0 Å². The van der Waals surface area contributed by atoms with E-state index in [1.807, 2.05) is 0 Å². The van der Waals surface area contributed by atoms with Crippen molar-refractivity contribution in [3.8, 4) is 0 Å². The molecule has 0 N–H and O–H groups in total. The summed E-state index contributed by atoms with van der Waals surface area (Å²) in [4.78, 5) is 2.78. The van der Waals surface area contributed by atoms with Gasteiger partial charge < -0.3 is 0 Å². The Labute approximate surface area is 75.1 Å². The summed E-state index contributed by atoms with van der Waals surface area (Å²) in [5, 5.41) is 0. The van der Waals surface area contributed by atoms with Gasteiger partial charge in [0, 0.05) is 19.1 Å². The third kappa shape index (κ3) is 0.891. The summed E-state index contributed by atoms with van der Waals surface area (Å²) in [6.45, 7) is 5.26. The normalized spacial score (nSPS) is 52.8. The minimum atomic E-state index is 0.983. The average Bonchev–Trinajstić information content (AvgIpc) is 2.59. The highest BCUT2D eigenvalue weighted by atomic mass is 15.2. The van der Waals surface area contributed by atoms with Crippen molar-refractivity contribution in [2.75, 3.05) is 13.1 Å². The highest BCUT2D eigenvalue weighted by Gasteiger charge is 2.47. The zero-order chi connectivity index (χ0) is 8.13.